The number of hydrogen-bond acceptors (Lipinski definition) is 5. The molecule has 25 heavy (non-hydrogen) atoms. The molecule has 2 aromatic carbocycles. The Hall–Kier alpha value is -3.13. The fraction of sp³-hybridized carbons (Fsp3) is 0.125. The van der Waals surface area contributed by atoms with Gasteiger partial charge in [-0.25, -0.2) is 4.79 Å². The molecule has 0 aliphatic carbocycles. The predicted molar refractivity (Wildman–Crippen MR) is 93.4 cm³/mol. The first-order valence-electron chi connectivity index (χ1n) is 7.25. The third-order valence-electron chi connectivity index (χ3n) is 3.14. The minimum atomic E-state index is -0.627. The van der Waals surface area contributed by atoms with Crippen molar-refractivity contribution >= 4 is 34.9 Å². The van der Waals surface area contributed by atoms with Crippen LogP contribution in [0.1, 0.15) is 5.56 Å². The lowest BCUT2D eigenvalue weighted by Crippen LogP contribution is -2.41. The first-order chi connectivity index (χ1) is 12.0. The van der Waals surface area contributed by atoms with Gasteiger partial charge in [-0.1, -0.05) is 41.9 Å². The molecule has 0 radical (unpaired) electrons. The molecule has 0 saturated carbocycles. The third kappa shape index (κ3) is 5.78. The maximum Gasteiger partial charge on any atom is 0.321 e. The van der Waals surface area contributed by atoms with E-state index < -0.39 is 16.9 Å². The molecule has 0 aliphatic rings. The summed E-state index contributed by atoms with van der Waals surface area (Å²) < 4.78 is 0. The summed E-state index contributed by atoms with van der Waals surface area (Å²) in [6.07, 6.45) is 0. The molecule has 0 saturated heterocycles. The first kappa shape index (κ1) is 18.2. The van der Waals surface area contributed by atoms with Gasteiger partial charge in [0.25, 0.3) is 5.69 Å². The molecule has 9 heteroatoms. The summed E-state index contributed by atoms with van der Waals surface area (Å²) in [6.45, 7) is 0.0638. The molecule has 0 atom stereocenters. The highest BCUT2D eigenvalue weighted by Gasteiger charge is 2.13. The molecule has 2 aromatic rings. The van der Waals surface area contributed by atoms with Crippen LogP contribution in [0.3, 0.4) is 0 Å². The van der Waals surface area contributed by atoms with Gasteiger partial charge in [0.2, 0.25) is 5.91 Å². The Labute approximate surface area is 148 Å². The molecule has 0 aromatic heterocycles. The maximum absolute atomic E-state index is 11.7. The van der Waals surface area contributed by atoms with Gasteiger partial charge in [-0.15, -0.1) is 0 Å². The topological polar surface area (TPSA) is 113 Å². The van der Waals surface area contributed by atoms with E-state index in [-0.39, 0.29) is 23.8 Å². The summed E-state index contributed by atoms with van der Waals surface area (Å²) in [6, 6.07) is 12.7. The molecule has 0 aliphatic heterocycles. The number of nitro groups is 1. The van der Waals surface area contributed by atoms with Crippen LogP contribution in [0, 0.1) is 10.1 Å². The Bertz CT molecular complexity index is 783. The number of hydrogen-bond donors (Lipinski definition) is 3. The normalized spacial score (nSPS) is 9.96. The number of nitro benzene ring substituents is 1. The van der Waals surface area contributed by atoms with Crippen molar-refractivity contribution in [3.8, 4) is 0 Å². The Balaban J connectivity index is 1.79. The summed E-state index contributed by atoms with van der Waals surface area (Å²) >= 11 is 5.71. The van der Waals surface area contributed by atoms with Crippen LogP contribution in [0.15, 0.2) is 48.5 Å². The minimum absolute atomic E-state index is 0.000270. The molecule has 3 N–H and O–H groups in total. The molecule has 0 heterocycles. The van der Waals surface area contributed by atoms with Crippen molar-refractivity contribution in [3.05, 3.63) is 69.2 Å². The summed E-state index contributed by atoms with van der Waals surface area (Å²) in [4.78, 5) is 33.6. The number of nitrogens with zero attached hydrogens (tertiary/aromatic N) is 1. The van der Waals surface area contributed by atoms with E-state index in [4.69, 9.17) is 11.6 Å². The van der Waals surface area contributed by atoms with Gasteiger partial charge in [0.15, 0.2) is 0 Å². The molecule has 0 fully saturated rings. The van der Waals surface area contributed by atoms with Crippen LogP contribution in [0.5, 0.6) is 0 Å². The van der Waals surface area contributed by atoms with Crippen LogP contribution in [-0.4, -0.2) is 23.4 Å². The van der Waals surface area contributed by atoms with Crippen LogP contribution < -0.4 is 16.0 Å². The van der Waals surface area contributed by atoms with Gasteiger partial charge in [0.1, 0.15) is 5.02 Å². The molecule has 0 bridgehead atoms. The number of benzene rings is 2. The van der Waals surface area contributed by atoms with E-state index >= 15 is 0 Å². The lowest BCUT2D eigenvalue weighted by atomic mass is 10.2. The number of anilines is 1. The van der Waals surface area contributed by atoms with E-state index in [1.165, 1.54) is 18.2 Å². The third-order valence-corrected chi connectivity index (χ3v) is 3.46. The monoisotopic (exact) mass is 362 g/mol. The molecular weight excluding hydrogens is 348 g/mol. The van der Waals surface area contributed by atoms with Gasteiger partial charge in [-0.05, 0) is 17.7 Å². The van der Waals surface area contributed by atoms with Crippen LogP contribution >= 0.6 is 11.6 Å². The van der Waals surface area contributed by atoms with Gasteiger partial charge in [0, 0.05) is 18.3 Å². The van der Waals surface area contributed by atoms with E-state index in [0.717, 1.165) is 5.56 Å². The van der Waals surface area contributed by atoms with Crippen molar-refractivity contribution in [2.75, 3.05) is 11.9 Å². The standard InChI is InChI=1S/C16H15ClN4O4/c17-13-7-6-12(8-14(13)21(24)25)18-10-15(22)20-16(23)19-9-11-4-2-1-3-5-11/h1-8,18H,9-10H2,(H2,19,20,22,23). The number of nitrogens with one attached hydrogen (secondary N) is 3. The van der Waals surface area contributed by atoms with Gasteiger partial charge in [0.05, 0.1) is 11.5 Å². The lowest BCUT2D eigenvalue weighted by Gasteiger charge is -2.08. The summed E-state index contributed by atoms with van der Waals surface area (Å²) in [7, 11) is 0. The zero-order chi connectivity index (χ0) is 18.2. The van der Waals surface area contributed by atoms with E-state index in [2.05, 4.69) is 16.0 Å². The minimum Gasteiger partial charge on any atom is -0.376 e. The second kappa shape index (κ2) is 8.65. The summed E-state index contributed by atoms with van der Waals surface area (Å²) in [5, 5.41) is 18.2. The average molecular weight is 363 g/mol. The number of carbonyl (C=O) groups excluding carboxylic acids is 2. The number of imide groups is 1. The number of halogens is 1. The van der Waals surface area contributed by atoms with Crippen LogP contribution in [0.25, 0.3) is 0 Å². The SMILES string of the molecule is O=C(CNc1ccc(Cl)c([N+](=O)[O-])c1)NC(=O)NCc1ccccc1. The van der Waals surface area contributed by atoms with Crippen molar-refractivity contribution in [3.63, 3.8) is 0 Å². The molecule has 0 unspecified atom stereocenters. The van der Waals surface area contributed by atoms with Gasteiger partial charge in [-0.3, -0.25) is 20.2 Å². The zero-order valence-electron chi connectivity index (χ0n) is 13.0. The van der Waals surface area contributed by atoms with Crippen molar-refractivity contribution in [2.45, 2.75) is 6.54 Å². The van der Waals surface area contributed by atoms with Crippen LogP contribution in [0.4, 0.5) is 16.2 Å². The fourth-order valence-corrected chi connectivity index (χ4v) is 2.12. The summed E-state index contributed by atoms with van der Waals surface area (Å²) in [5.41, 5.74) is 0.973. The molecule has 2 rings (SSSR count). The Morgan fingerprint density at radius 3 is 2.52 bits per heavy atom. The highest BCUT2D eigenvalue weighted by atomic mass is 35.5. The second-order valence-electron chi connectivity index (χ2n) is 4.99. The van der Waals surface area contributed by atoms with Gasteiger partial charge >= 0.3 is 6.03 Å². The van der Waals surface area contributed by atoms with Gasteiger partial charge < -0.3 is 10.6 Å². The number of rotatable bonds is 6. The first-order valence-corrected chi connectivity index (χ1v) is 7.63. The zero-order valence-corrected chi connectivity index (χ0v) is 13.7. The van der Waals surface area contributed by atoms with Crippen LogP contribution in [-0.2, 0) is 11.3 Å². The van der Waals surface area contributed by atoms with Crippen molar-refractivity contribution in [1.82, 2.24) is 10.6 Å². The molecule has 8 nitrogen and oxygen atoms in total. The van der Waals surface area contributed by atoms with Gasteiger partial charge in [-0.2, -0.15) is 0 Å². The van der Waals surface area contributed by atoms with Crippen molar-refractivity contribution < 1.29 is 14.5 Å². The lowest BCUT2D eigenvalue weighted by molar-refractivity contribution is -0.384. The number of amides is 3. The largest absolute Gasteiger partial charge is 0.376 e. The van der Waals surface area contributed by atoms with E-state index in [9.17, 15) is 19.7 Å². The van der Waals surface area contributed by atoms with E-state index in [1.54, 1.807) is 0 Å². The Morgan fingerprint density at radius 1 is 1.12 bits per heavy atom. The van der Waals surface area contributed by atoms with Crippen molar-refractivity contribution in [2.24, 2.45) is 0 Å². The second-order valence-corrected chi connectivity index (χ2v) is 5.40. The van der Waals surface area contributed by atoms with E-state index in [1.807, 2.05) is 30.3 Å². The quantitative estimate of drug-likeness (QED) is 0.540. The Kier molecular flexibility index (Phi) is 6.30. The molecule has 0 spiro atoms. The smallest absolute Gasteiger partial charge is 0.321 e. The molecule has 130 valence electrons. The Morgan fingerprint density at radius 2 is 1.84 bits per heavy atom. The average Bonchev–Trinajstić information content (AvgIpc) is 2.60. The predicted octanol–water partition coefficient (Wildman–Crippen LogP) is 2.69. The highest BCUT2D eigenvalue weighted by molar-refractivity contribution is 6.32. The summed E-state index contributed by atoms with van der Waals surface area (Å²) in [5.74, 6) is -0.580. The fourth-order valence-electron chi connectivity index (χ4n) is 1.94. The molecule has 3 amide bonds. The van der Waals surface area contributed by atoms with Crippen molar-refractivity contribution in [1.29, 1.82) is 0 Å². The molecular formula is C16H15ClN4O4. The van der Waals surface area contributed by atoms with E-state index in [0.29, 0.717) is 5.69 Å². The number of carbonyl (C=O) groups is 2. The highest BCUT2D eigenvalue weighted by Crippen LogP contribution is 2.27. The maximum atomic E-state index is 11.7. The van der Waals surface area contributed by atoms with Crippen LogP contribution in [0.2, 0.25) is 5.02 Å². The number of urea groups is 1.